The van der Waals surface area contributed by atoms with E-state index >= 15 is 0 Å². The first-order valence-electron chi connectivity index (χ1n) is 19.9. The van der Waals surface area contributed by atoms with Crippen LogP contribution in [0.4, 0.5) is 0 Å². The van der Waals surface area contributed by atoms with E-state index in [4.69, 9.17) is 28.4 Å². The summed E-state index contributed by atoms with van der Waals surface area (Å²) in [4.78, 5) is 37.1. The molecule has 0 aliphatic carbocycles. The fraction of sp³-hybridized carbons (Fsp3) is 0.711. The molecule has 24 nitrogen and oxygen atoms in total. The lowest BCUT2D eigenvalue weighted by Gasteiger charge is -2.47. The predicted octanol–water partition coefficient (Wildman–Crippen LogP) is -5.53. The van der Waals surface area contributed by atoms with Crippen LogP contribution in [0.5, 0.6) is 0 Å². The molecule has 12 N–H and O–H groups in total. The highest BCUT2D eigenvalue weighted by molar-refractivity contribution is 5.79. The molecule has 350 valence electrons. The van der Waals surface area contributed by atoms with Crippen LogP contribution in [0.25, 0.3) is 0 Å². The van der Waals surface area contributed by atoms with Crippen LogP contribution < -0.4 is 5.32 Å². The molecule has 62 heavy (non-hydrogen) atoms. The number of ether oxygens (including phenoxy) is 6. The highest BCUT2D eigenvalue weighted by Crippen LogP contribution is 2.35. The van der Waals surface area contributed by atoms with Gasteiger partial charge in [-0.05, 0) is 25.8 Å². The average Bonchev–Trinajstić information content (AvgIpc) is 3.70. The van der Waals surface area contributed by atoms with Gasteiger partial charge in [-0.2, -0.15) is 0 Å². The van der Waals surface area contributed by atoms with Gasteiger partial charge in [0, 0.05) is 19.0 Å². The number of hydrogen-bond acceptors (Lipinski definition) is 21. The normalized spacial score (nSPS) is 29.5. The van der Waals surface area contributed by atoms with Crippen molar-refractivity contribution in [1.29, 1.82) is 0 Å². The number of aromatic nitrogens is 3. The summed E-state index contributed by atoms with van der Waals surface area (Å²) in [6.07, 6.45) is -22.5. The van der Waals surface area contributed by atoms with Gasteiger partial charge in [-0.3, -0.25) is 4.79 Å². The van der Waals surface area contributed by atoms with Crippen molar-refractivity contribution in [2.24, 2.45) is 0 Å². The Labute approximate surface area is 355 Å². The standard InChI is InChI=1S/C38H58N4O20/c1-19(46)8-9-22-14-42(41-40-22)10-11-57-36-32(54)31(53)33(27(17-45)60-36)61-35(59-26(16-44)20(2)47)25(50)18-58-38(37(55)56)13-23(48)29(34(62-38)30(52)24(49)15-43)39-28(51)12-21-6-4-3-5-7-21/h3-7,14,20,23-27,29-36,43-45,47-50,52-54H,8-13,15-18H2,1-2H3,(H,39,51)(H,55,56)/t20-,23-,24-,25+,26?,27?,29-,30-,31?,32+,33-,34?,35+,36-,38-/m1/s1. The number of aliphatic carboxylic acids is 1. The van der Waals surface area contributed by atoms with E-state index in [1.807, 2.05) is 0 Å². The monoisotopic (exact) mass is 890 g/mol. The molecule has 4 rings (SSSR count). The summed E-state index contributed by atoms with van der Waals surface area (Å²) >= 11 is 0. The first-order valence-corrected chi connectivity index (χ1v) is 19.9. The van der Waals surface area contributed by atoms with Gasteiger partial charge in [0.25, 0.3) is 5.79 Å². The molecule has 2 aliphatic heterocycles. The number of aliphatic hydroxyl groups excluding tert-OH is 10. The first kappa shape index (κ1) is 51.0. The number of carboxylic acid groups (broad SMARTS) is 1. The third-order valence-corrected chi connectivity index (χ3v) is 10.2. The summed E-state index contributed by atoms with van der Waals surface area (Å²) in [7, 11) is 0. The molecule has 1 aromatic heterocycles. The summed E-state index contributed by atoms with van der Waals surface area (Å²) < 4.78 is 35.3. The van der Waals surface area contributed by atoms with Crippen LogP contribution in [0.15, 0.2) is 36.5 Å². The van der Waals surface area contributed by atoms with Crippen molar-refractivity contribution in [3.05, 3.63) is 47.8 Å². The number of benzene rings is 1. The predicted molar refractivity (Wildman–Crippen MR) is 204 cm³/mol. The summed E-state index contributed by atoms with van der Waals surface area (Å²) in [5, 5.41) is 127. The lowest BCUT2D eigenvalue weighted by Crippen LogP contribution is -2.68. The minimum Gasteiger partial charge on any atom is -0.477 e. The van der Waals surface area contributed by atoms with E-state index < -0.39 is 136 Å². The molecule has 1 amide bonds. The van der Waals surface area contributed by atoms with Gasteiger partial charge in [-0.25, -0.2) is 9.48 Å². The fourth-order valence-corrected chi connectivity index (χ4v) is 6.70. The maximum Gasteiger partial charge on any atom is 0.364 e. The highest BCUT2D eigenvalue weighted by atomic mass is 16.8. The second-order valence-corrected chi connectivity index (χ2v) is 15.1. The number of carbonyl (C=O) groups excluding carboxylic acids is 2. The SMILES string of the molecule is CC(=O)CCc1cn(CCO[C@@H]2OC(CO)[C@@H](O[C@H](OC(CO)[C@@H](C)O)[C@@H](O)CO[C@]3(C(=O)O)C[C@@H](O)[C@@H](NC(=O)Cc4ccccc4)C([C@H](O)[C@H](O)CO)O3)C(O)[C@@H]2O)nn1. The number of carbonyl (C=O) groups is 3. The molecule has 0 bridgehead atoms. The Kier molecular flexibility index (Phi) is 19.6. The number of nitrogens with one attached hydrogen (secondary N) is 1. The van der Waals surface area contributed by atoms with Gasteiger partial charge in [-0.1, -0.05) is 35.5 Å². The molecule has 4 unspecified atom stereocenters. The number of nitrogens with zero attached hydrogens (tertiary/aromatic N) is 3. The topological polar surface area (TPSA) is 372 Å². The Balaban J connectivity index is 1.49. The smallest absolute Gasteiger partial charge is 0.364 e. The number of amides is 1. The van der Waals surface area contributed by atoms with Crippen molar-refractivity contribution >= 4 is 17.7 Å². The summed E-state index contributed by atoms with van der Waals surface area (Å²) in [5.41, 5.74) is 1.13. The zero-order valence-corrected chi connectivity index (χ0v) is 34.1. The lowest BCUT2D eigenvalue weighted by molar-refractivity contribution is -0.349. The maximum atomic E-state index is 13.0. The maximum absolute atomic E-state index is 13.0. The van der Waals surface area contributed by atoms with E-state index in [-0.39, 0.29) is 31.8 Å². The number of aliphatic hydroxyl groups is 10. The quantitative estimate of drug-likeness (QED) is 0.0414. The molecule has 24 heteroatoms. The molecule has 1 aromatic carbocycles. The van der Waals surface area contributed by atoms with Crippen molar-refractivity contribution in [2.45, 2.75) is 138 Å². The summed E-state index contributed by atoms with van der Waals surface area (Å²) in [5.74, 6) is -5.55. The van der Waals surface area contributed by atoms with Crippen molar-refractivity contribution in [3.63, 3.8) is 0 Å². The van der Waals surface area contributed by atoms with Crippen LogP contribution in [0.3, 0.4) is 0 Å². The third-order valence-electron chi connectivity index (χ3n) is 10.2. The van der Waals surface area contributed by atoms with E-state index in [1.165, 1.54) is 18.5 Å². The van der Waals surface area contributed by atoms with Crippen LogP contribution in [-0.4, -0.2) is 213 Å². The number of Topliss-reactive ketones (excluding diaryl/α,β-unsaturated/α-hetero) is 1. The van der Waals surface area contributed by atoms with Crippen molar-refractivity contribution in [3.8, 4) is 0 Å². The van der Waals surface area contributed by atoms with Crippen molar-refractivity contribution < 1.29 is 99.0 Å². The average molecular weight is 891 g/mol. The number of carboxylic acids is 1. The molecule has 2 aromatic rings. The lowest BCUT2D eigenvalue weighted by atomic mass is 9.88. The van der Waals surface area contributed by atoms with Gasteiger partial charge in [0.15, 0.2) is 12.6 Å². The van der Waals surface area contributed by atoms with Crippen molar-refractivity contribution in [1.82, 2.24) is 20.3 Å². The number of rotatable bonds is 25. The van der Waals surface area contributed by atoms with E-state index in [0.717, 1.165) is 0 Å². The molecule has 2 aliphatic rings. The molecule has 0 saturated carbocycles. The second-order valence-electron chi connectivity index (χ2n) is 15.1. The Morgan fingerprint density at radius 1 is 1.02 bits per heavy atom. The second kappa shape index (κ2) is 23.9. The highest BCUT2D eigenvalue weighted by Gasteiger charge is 2.56. The van der Waals surface area contributed by atoms with Gasteiger partial charge in [-0.15, -0.1) is 5.10 Å². The molecule has 0 spiro atoms. The minimum atomic E-state index is -2.93. The largest absolute Gasteiger partial charge is 0.477 e. The van der Waals surface area contributed by atoms with E-state index in [0.29, 0.717) is 17.7 Å². The Bertz CT molecular complexity index is 1690. The first-order chi connectivity index (χ1) is 29.4. The van der Waals surface area contributed by atoms with Gasteiger partial charge < -0.3 is 94.7 Å². The van der Waals surface area contributed by atoms with E-state index in [1.54, 1.807) is 36.5 Å². The number of hydrogen-bond donors (Lipinski definition) is 12. The Morgan fingerprint density at radius 3 is 2.34 bits per heavy atom. The third kappa shape index (κ3) is 13.7. The number of aryl methyl sites for hydroxylation is 1. The summed E-state index contributed by atoms with van der Waals surface area (Å²) in [6, 6.07) is 6.81. The van der Waals surface area contributed by atoms with Crippen molar-refractivity contribution in [2.75, 3.05) is 33.0 Å². The van der Waals surface area contributed by atoms with Gasteiger partial charge in [0.2, 0.25) is 5.91 Å². The zero-order valence-electron chi connectivity index (χ0n) is 34.1. The van der Waals surface area contributed by atoms with E-state index in [2.05, 4.69) is 15.6 Å². The van der Waals surface area contributed by atoms with Crippen LogP contribution >= 0.6 is 0 Å². The molecular weight excluding hydrogens is 832 g/mol. The van der Waals surface area contributed by atoms with E-state index in [9.17, 15) is 70.6 Å². The van der Waals surface area contributed by atoms with Crippen LogP contribution in [0, 0.1) is 0 Å². The van der Waals surface area contributed by atoms with Crippen LogP contribution in [-0.2, 0) is 62.2 Å². The van der Waals surface area contributed by atoms with Gasteiger partial charge in [0.1, 0.15) is 60.7 Å². The molecule has 2 fully saturated rings. The van der Waals surface area contributed by atoms with Gasteiger partial charge >= 0.3 is 5.97 Å². The van der Waals surface area contributed by atoms with Gasteiger partial charge in [0.05, 0.1) is 69.9 Å². The number of ketones is 1. The zero-order chi connectivity index (χ0) is 45.7. The molecule has 2 saturated heterocycles. The van der Waals surface area contributed by atoms with Crippen LogP contribution in [0.2, 0.25) is 0 Å². The molecule has 15 atom stereocenters. The molecule has 3 heterocycles. The fourth-order valence-electron chi connectivity index (χ4n) is 6.70. The van der Waals surface area contributed by atoms with Crippen LogP contribution in [0.1, 0.15) is 37.9 Å². The molecular formula is C38H58N4O20. The molecule has 0 radical (unpaired) electrons. The summed E-state index contributed by atoms with van der Waals surface area (Å²) in [6.45, 7) is -1.27. The Morgan fingerprint density at radius 2 is 1.73 bits per heavy atom. The Hall–Kier alpha value is -3.67. The minimum absolute atomic E-state index is 0.0195.